The normalized spacial score (nSPS) is 27.1. The molecule has 1 saturated heterocycles. The maximum absolute atomic E-state index is 12.1. The monoisotopic (exact) mass is 213 g/mol. The molecule has 0 spiro atoms. The Hall–Kier alpha value is -0.610. The summed E-state index contributed by atoms with van der Waals surface area (Å²) in [7, 11) is 5.86. The van der Waals surface area contributed by atoms with Crippen LogP contribution in [0.2, 0.25) is 0 Å². The third kappa shape index (κ3) is 2.49. The Balaban J connectivity index is 2.71. The van der Waals surface area contributed by atoms with Crippen molar-refractivity contribution in [2.24, 2.45) is 0 Å². The quantitative estimate of drug-likeness (QED) is 0.725. The zero-order chi connectivity index (χ0) is 11.6. The number of hydrogen-bond acceptors (Lipinski definition) is 3. The first kappa shape index (κ1) is 12.5. The van der Waals surface area contributed by atoms with Crippen LogP contribution in [-0.4, -0.2) is 61.5 Å². The maximum atomic E-state index is 12.1. The Morgan fingerprint density at radius 2 is 2.07 bits per heavy atom. The van der Waals surface area contributed by atoms with Crippen LogP contribution in [-0.2, 0) is 4.79 Å². The fourth-order valence-electron chi connectivity index (χ4n) is 2.16. The predicted octanol–water partition coefficient (Wildman–Crippen LogP) is 0.147. The molecule has 1 aliphatic rings. The lowest BCUT2D eigenvalue weighted by Crippen LogP contribution is -2.64. The molecule has 1 N–H and O–H groups in total. The van der Waals surface area contributed by atoms with Crippen LogP contribution in [0.1, 0.15) is 20.3 Å². The molecule has 4 nitrogen and oxygen atoms in total. The van der Waals surface area contributed by atoms with Gasteiger partial charge in [-0.1, -0.05) is 0 Å². The number of piperazine rings is 1. The molecule has 1 aliphatic heterocycles. The molecule has 0 aromatic heterocycles. The molecule has 0 aliphatic carbocycles. The van der Waals surface area contributed by atoms with E-state index in [1.807, 2.05) is 26.0 Å². The molecule has 0 bridgehead atoms. The van der Waals surface area contributed by atoms with Gasteiger partial charge in [0, 0.05) is 19.1 Å². The van der Waals surface area contributed by atoms with E-state index in [1.54, 1.807) is 0 Å². The Kier molecular flexibility index (Phi) is 3.73. The summed E-state index contributed by atoms with van der Waals surface area (Å²) < 4.78 is 0. The molecule has 1 rings (SSSR count). The van der Waals surface area contributed by atoms with E-state index in [0.29, 0.717) is 0 Å². The highest BCUT2D eigenvalue weighted by Gasteiger charge is 2.40. The zero-order valence-corrected chi connectivity index (χ0v) is 10.5. The van der Waals surface area contributed by atoms with Gasteiger partial charge in [-0.25, -0.2) is 0 Å². The van der Waals surface area contributed by atoms with Gasteiger partial charge in [0.2, 0.25) is 5.91 Å². The Bertz CT molecular complexity index is 240. The number of nitrogens with zero attached hydrogens (tertiary/aromatic N) is 2. The molecule has 15 heavy (non-hydrogen) atoms. The van der Waals surface area contributed by atoms with Crippen molar-refractivity contribution in [1.29, 1.82) is 0 Å². The fraction of sp³-hybridized carbons (Fsp3) is 0.909. The molecule has 88 valence electrons. The van der Waals surface area contributed by atoms with Gasteiger partial charge in [-0.3, -0.25) is 9.69 Å². The summed E-state index contributed by atoms with van der Waals surface area (Å²) >= 11 is 0. The number of likely N-dealkylation sites (N-methyl/N-ethyl adjacent to an activating group) is 2. The first-order valence-electron chi connectivity index (χ1n) is 5.52. The van der Waals surface area contributed by atoms with Gasteiger partial charge < -0.3 is 10.2 Å². The predicted molar refractivity (Wildman–Crippen MR) is 61.8 cm³/mol. The van der Waals surface area contributed by atoms with E-state index in [2.05, 4.69) is 24.1 Å². The van der Waals surface area contributed by atoms with Gasteiger partial charge in [-0.15, -0.1) is 0 Å². The van der Waals surface area contributed by atoms with Gasteiger partial charge in [0.05, 0.1) is 6.04 Å². The molecule has 4 heteroatoms. The van der Waals surface area contributed by atoms with Crippen molar-refractivity contribution in [3.05, 3.63) is 0 Å². The van der Waals surface area contributed by atoms with E-state index in [-0.39, 0.29) is 17.5 Å². The number of carbonyl (C=O) groups is 1. The Morgan fingerprint density at radius 1 is 1.47 bits per heavy atom. The van der Waals surface area contributed by atoms with Crippen LogP contribution in [0.15, 0.2) is 0 Å². The Morgan fingerprint density at radius 3 is 2.60 bits per heavy atom. The van der Waals surface area contributed by atoms with Crippen molar-refractivity contribution in [2.75, 3.05) is 34.2 Å². The molecule has 0 saturated carbocycles. The van der Waals surface area contributed by atoms with Gasteiger partial charge >= 0.3 is 0 Å². The Labute approximate surface area is 92.6 Å². The fourth-order valence-corrected chi connectivity index (χ4v) is 2.16. The molecular formula is C11H23N3O. The van der Waals surface area contributed by atoms with E-state index < -0.39 is 0 Å². The highest BCUT2D eigenvalue weighted by atomic mass is 16.2. The molecular weight excluding hydrogens is 190 g/mol. The number of hydrogen-bond donors (Lipinski definition) is 1. The molecule has 0 aromatic rings. The van der Waals surface area contributed by atoms with Gasteiger partial charge in [-0.2, -0.15) is 0 Å². The summed E-state index contributed by atoms with van der Waals surface area (Å²) in [5.41, 5.74) is -0.0536. The number of amides is 1. The van der Waals surface area contributed by atoms with E-state index in [9.17, 15) is 4.79 Å². The van der Waals surface area contributed by atoms with Crippen LogP contribution in [0, 0.1) is 0 Å². The smallest absolute Gasteiger partial charge is 0.240 e. The summed E-state index contributed by atoms with van der Waals surface area (Å²) in [4.78, 5) is 16.2. The van der Waals surface area contributed by atoms with Crippen molar-refractivity contribution < 1.29 is 4.79 Å². The maximum Gasteiger partial charge on any atom is 0.240 e. The summed E-state index contributed by atoms with van der Waals surface area (Å²) in [5, 5.41) is 3.09. The largest absolute Gasteiger partial charge is 0.338 e. The van der Waals surface area contributed by atoms with Crippen molar-refractivity contribution in [1.82, 2.24) is 15.1 Å². The lowest BCUT2D eigenvalue weighted by Gasteiger charge is -2.47. The molecule has 1 heterocycles. The standard InChI is InChI=1S/C11H23N3O/c1-11(2)8-13(4)9(6-7-12-3)10(15)14(11)5/h9,12H,6-8H2,1-5H3. The minimum absolute atomic E-state index is 0.0375. The third-order valence-corrected chi connectivity index (χ3v) is 3.36. The second-order valence-electron chi connectivity index (χ2n) is 5.03. The second kappa shape index (κ2) is 4.49. The summed E-state index contributed by atoms with van der Waals surface area (Å²) in [6, 6.07) is 0.0375. The molecule has 1 unspecified atom stereocenters. The second-order valence-corrected chi connectivity index (χ2v) is 5.03. The van der Waals surface area contributed by atoms with Crippen LogP contribution in [0.3, 0.4) is 0 Å². The average molecular weight is 213 g/mol. The minimum Gasteiger partial charge on any atom is -0.338 e. The van der Waals surface area contributed by atoms with Crippen LogP contribution in [0.25, 0.3) is 0 Å². The summed E-state index contributed by atoms with van der Waals surface area (Å²) in [6.07, 6.45) is 0.881. The molecule has 1 fully saturated rings. The summed E-state index contributed by atoms with van der Waals surface area (Å²) in [6.45, 7) is 6.03. The highest BCUT2D eigenvalue weighted by Crippen LogP contribution is 2.23. The molecule has 1 atom stereocenters. The van der Waals surface area contributed by atoms with Crippen LogP contribution in [0.5, 0.6) is 0 Å². The van der Waals surface area contributed by atoms with E-state index in [1.165, 1.54) is 0 Å². The third-order valence-electron chi connectivity index (χ3n) is 3.36. The first-order valence-corrected chi connectivity index (χ1v) is 5.52. The highest BCUT2D eigenvalue weighted by molar-refractivity contribution is 5.83. The number of rotatable bonds is 3. The van der Waals surface area contributed by atoms with Crippen LogP contribution >= 0.6 is 0 Å². The van der Waals surface area contributed by atoms with E-state index in [0.717, 1.165) is 19.5 Å². The van der Waals surface area contributed by atoms with Crippen molar-refractivity contribution in [2.45, 2.75) is 31.8 Å². The summed E-state index contributed by atoms with van der Waals surface area (Å²) in [5.74, 6) is 0.240. The van der Waals surface area contributed by atoms with E-state index in [4.69, 9.17) is 0 Å². The van der Waals surface area contributed by atoms with E-state index >= 15 is 0 Å². The molecule has 0 aromatic carbocycles. The van der Waals surface area contributed by atoms with Crippen LogP contribution < -0.4 is 5.32 Å². The molecule has 1 amide bonds. The molecule has 0 radical (unpaired) electrons. The van der Waals surface area contributed by atoms with Gasteiger partial charge in [0.25, 0.3) is 0 Å². The van der Waals surface area contributed by atoms with Gasteiger partial charge in [-0.05, 0) is 40.9 Å². The average Bonchev–Trinajstić information content (AvgIpc) is 2.14. The lowest BCUT2D eigenvalue weighted by molar-refractivity contribution is -0.148. The van der Waals surface area contributed by atoms with Crippen molar-refractivity contribution in [3.63, 3.8) is 0 Å². The minimum atomic E-state index is -0.0536. The lowest BCUT2D eigenvalue weighted by atomic mass is 9.95. The SMILES string of the molecule is CNCCC1C(=O)N(C)C(C)(C)CN1C. The van der Waals surface area contributed by atoms with Crippen molar-refractivity contribution in [3.8, 4) is 0 Å². The number of nitrogens with one attached hydrogen (secondary N) is 1. The first-order chi connectivity index (χ1) is 6.90. The topological polar surface area (TPSA) is 35.6 Å². The van der Waals surface area contributed by atoms with Crippen LogP contribution in [0.4, 0.5) is 0 Å². The number of carbonyl (C=O) groups excluding carboxylic acids is 1. The van der Waals surface area contributed by atoms with Gasteiger partial charge in [0.1, 0.15) is 0 Å². The van der Waals surface area contributed by atoms with Crippen molar-refractivity contribution >= 4 is 5.91 Å². The zero-order valence-electron chi connectivity index (χ0n) is 10.5. The van der Waals surface area contributed by atoms with Gasteiger partial charge in [0.15, 0.2) is 0 Å².